The minimum Gasteiger partial charge on any atom is -0.477 e. The van der Waals surface area contributed by atoms with E-state index in [0.29, 0.717) is 6.42 Å². The van der Waals surface area contributed by atoms with Gasteiger partial charge in [0, 0.05) is 19.3 Å². The Morgan fingerprint density at radius 2 is 0.634 bits per heavy atom. The monoisotopic (exact) mass is 584 g/mol. The van der Waals surface area contributed by atoms with Crippen LogP contribution in [0, 0.1) is 0 Å². The lowest BCUT2D eigenvalue weighted by molar-refractivity contribution is -0.973. The molecule has 0 aliphatic heterocycles. The van der Waals surface area contributed by atoms with Crippen molar-refractivity contribution in [3.8, 4) is 0 Å². The molecule has 0 saturated heterocycles. The van der Waals surface area contributed by atoms with E-state index in [0.717, 1.165) is 19.3 Å². The van der Waals surface area contributed by atoms with E-state index >= 15 is 0 Å². The van der Waals surface area contributed by atoms with Crippen LogP contribution in [-0.4, -0.2) is 62.4 Å². The maximum Gasteiger partial charge on any atom is 0.362 e. The normalized spacial score (nSPS) is 15.2. The first-order valence-electron chi connectivity index (χ1n) is 17.3. The third-order valence-electron chi connectivity index (χ3n) is 9.16. The van der Waals surface area contributed by atoms with E-state index in [2.05, 4.69) is 6.92 Å². The Labute approximate surface area is 252 Å². The first-order chi connectivity index (χ1) is 19.7. The predicted octanol–water partition coefficient (Wildman–Crippen LogP) is 9.21. The van der Waals surface area contributed by atoms with Crippen molar-refractivity contribution in [2.75, 3.05) is 6.54 Å². The molecule has 0 aromatic carbocycles. The van der Waals surface area contributed by atoms with Gasteiger partial charge in [0.2, 0.25) is 0 Å². The van der Waals surface area contributed by atoms with Gasteiger partial charge in [-0.1, -0.05) is 143 Å². The van der Waals surface area contributed by atoms with Gasteiger partial charge in [-0.05, 0) is 12.8 Å². The van der Waals surface area contributed by atoms with Crippen LogP contribution in [0.1, 0.15) is 175 Å². The first kappa shape index (κ1) is 39.4. The molecule has 0 heterocycles. The number of carboxylic acids is 3. The van der Waals surface area contributed by atoms with Crippen LogP contribution in [0.5, 0.6) is 0 Å². The number of carbonyl (C=O) groups is 3. The van der Waals surface area contributed by atoms with Crippen LogP contribution in [0.15, 0.2) is 0 Å². The zero-order chi connectivity index (χ0) is 30.9. The van der Waals surface area contributed by atoms with E-state index in [1.54, 1.807) is 20.8 Å². The summed E-state index contributed by atoms with van der Waals surface area (Å²) in [6.45, 7) is 7.68. The SMILES string of the molecule is CCCCCCCCCCCCCCCCCCCCCC[N+](C(CC)C(=O)O)(C(CC)C(=O)O)C(CC)C(=O)O. The molecule has 3 atom stereocenters. The topological polar surface area (TPSA) is 112 Å². The highest BCUT2D eigenvalue weighted by atomic mass is 16.4. The summed E-state index contributed by atoms with van der Waals surface area (Å²) in [4.78, 5) is 36.8. The van der Waals surface area contributed by atoms with Crippen LogP contribution in [0.2, 0.25) is 0 Å². The number of quaternary nitrogens is 1. The number of hydrogen-bond acceptors (Lipinski definition) is 3. The molecule has 0 fully saturated rings. The minimum absolute atomic E-state index is 0.197. The van der Waals surface area contributed by atoms with Crippen molar-refractivity contribution in [1.29, 1.82) is 0 Å². The van der Waals surface area contributed by atoms with Crippen molar-refractivity contribution >= 4 is 17.9 Å². The van der Waals surface area contributed by atoms with Gasteiger partial charge < -0.3 is 15.3 Å². The quantitative estimate of drug-likeness (QED) is 0.0573. The summed E-state index contributed by atoms with van der Waals surface area (Å²) in [5.74, 6) is -3.33. The van der Waals surface area contributed by atoms with Gasteiger partial charge in [0.25, 0.3) is 0 Å². The average Bonchev–Trinajstić information content (AvgIpc) is 2.92. The molecule has 0 aliphatic carbocycles. The van der Waals surface area contributed by atoms with Crippen LogP contribution >= 0.6 is 0 Å². The lowest BCUT2D eigenvalue weighted by atomic mass is 9.93. The molecule has 7 heteroatoms. The van der Waals surface area contributed by atoms with E-state index in [-0.39, 0.29) is 25.8 Å². The van der Waals surface area contributed by atoms with Crippen molar-refractivity contribution in [3.63, 3.8) is 0 Å². The maximum absolute atomic E-state index is 12.3. The summed E-state index contributed by atoms with van der Waals surface area (Å²) >= 11 is 0. The number of carboxylic acid groups (broad SMARTS) is 3. The van der Waals surface area contributed by atoms with Crippen LogP contribution in [0.25, 0.3) is 0 Å². The number of unbranched alkanes of at least 4 members (excludes halogenated alkanes) is 19. The highest BCUT2D eigenvalue weighted by Gasteiger charge is 2.55. The molecule has 0 bridgehead atoms. The summed E-state index contributed by atoms with van der Waals surface area (Å²) in [7, 11) is 0. The Morgan fingerprint density at radius 3 is 0.829 bits per heavy atom. The summed E-state index contributed by atoms with van der Waals surface area (Å²) in [6, 6.07) is -3.17. The zero-order valence-corrected chi connectivity index (χ0v) is 27.2. The minimum atomic E-state index is -1.11. The standard InChI is InChI=1S/C34H65NO6/c1-5-9-10-11-12-13-14-15-16-17-18-19-20-21-22-23-24-25-26-27-28-35(29(6-2)32(36)37,30(7-3)33(38)39)31(8-4)34(40)41/h29-31H,5-28H2,1-4H3,(H2-,36,37,38,39,40,41)/p+1. The van der Waals surface area contributed by atoms with E-state index in [1.165, 1.54) is 103 Å². The third-order valence-corrected chi connectivity index (χ3v) is 9.16. The van der Waals surface area contributed by atoms with Gasteiger partial charge in [0.1, 0.15) is 0 Å². The number of aliphatic carboxylic acids is 3. The van der Waals surface area contributed by atoms with Crippen molar-refractivity contribution in [1.82, 2.24) is 0 Å². The second-order valence-electron chi connectivity index (χ2n) is 12.2. The molecule has 0 saturated carbocycles. The van der Waals surface area contributed by atoms with Crippen LogP contribution in [0.4, 0.5) is 0 Å². The van der Waals surface area contributed by atoms with Crippen molar-refractivity contribution in [3.05, 3.63) is 0 Å². The zero-order valence-electron chi connectivity index (χ0n) is 27.2. The van der Waals surface area contributed by atoms with E-state index in [4.69, 9.17) is 0 Å². The van der Waals surface area contributed by atoms with Crippen molar-refractivity contribution in [2.24, 2.45) is 0 Å². The van der Waals surface area contributed by atoms with Gasteiger partial charge in [0.05, 0.1) is 6.54 Å². The van der Waals surface area contributed by atoms with E-state index in [1.807, 2.05) is 0 Å². The Kier molecular flexibility index (Phi) is 23.9. The van der Waals surface area contributed by atoms with Gasteiger partial charge in [-0.3, -0.25) is 4.48 Å². The van der Waals surface area contributed by atoms with Crippen molar-refractivity contribution < 1.29 is 34.2 Å². The average molecular weight is 585 g/mol. The van der Waals surface area contributed by atoms with Gasteiger partial charge in [-0.15, -0.1) is 0 Å². The van der Waals surface area contributed by atoms with Gasteiger partial charge in [-0.25, -0.2) is 14.4 Å². The fourth-order valence-corrected chi connectivity index (χ4v) is 6.92. The number of nitrogens with zero attached hydrogens (tertiary/aromatic N) is 1. The highest BCUT2D eigenvalue weighted by molar-refractivity contribution is 5.78. The molecule has 0 radical (unpaired) electrons. The Balaban J connectivity index is 4.37. The Bertz CT molecular complexity index is 627. The third kappa shape index (κ3) is 15.4. The molecule has 0 spiro atoms. The Morgan fingerprint density at radius 1 is 0.415 bits per heavy atom. The molecular formula is C34H66NO6+. The molecular weight excluding hydrogens is 518 g/mol. The molecule has 7 nitrogen and oxygen atoms in total. The molecule has 41 heavy (non-hydrogen) atoms. The van der Waals surface area contributed by atoms with Crippen LogP contribution < -0.4 is 0 Å². The van der Waals surface area contributed by atoms with Crippen LogP contribution in [-0.2, 0) is 14.4 Å². The summed E-state index contributed by atoms with van der Waals surface area (Å²) in [5, 5.41) is 30.1. The lowest BCUT2D eigenvalue weighted by Crippen LogP contribution is -2.72. The summed E-state index contributed by atoms with van der Waals surface area (Å²) in [5.41, 5.74) is 0. The summed E-state index contributed by atoms with van der Waals surface area (Å²) < 4.78 is -0.400. The first-order valence-corrected chi connectivity index (χ1v) is 17.3. The fraction of sp³-hybridized carbons (Fsp3) is 0.912. The van der Waals surface area contributed by atoms with Gasteiger partial charge in [-0.2, -0.15) is 0 Å². The van der Waals surface area contributed by atoms with E-state index in [9.17, 15) is 29.7 Å². The smallest absolute Gasteiger partial charge is 0.362 e. The lowest BCUT2D eigenvalue weighted by Gasteiger charge is -2.49. The largest absolute Gasteiger partial charge is 0.477 e. The molecule has 242 valence electrons. The second-order valence-corrected chi connectivity index (χ2v) is 12.2. The molecule has 3 unspecified atom stereocenters. The summed E-state index contributed by atoms with van der Waals surface area (Å²) in [6.07, 6.45) is 25.8. The molecule has 0 rings (SSSR count). The van der Waals surface area contributed by atoms with Crippen LogP contribution in [0.3, 0.4) is 0 Å². The molecule has 3 N–H and O–H groups in total. The number of hydrogen-bond donors (Lipinski definition) is 3. The fourth-order valence-electron chi connectivity index (χ4n) is 6.92. The molecule has 0 amide bonds. The predicted molar refractivity (Wildman–Crippen MR) is 168 cm³/mol. The maximum atomic E-state index is 12.3. The number of rotatable bonds is 30. The molecule has 0 aromatic heterocycles. The molecule has 0 aromatic rings. The van der Waals surface area contributed by atoms with Gasteiger partial charge in [0.15, 0.2) is 18.1 Å². The Hall–Kier alpha value is -1.63. The van der Waals surface area contributed by atoms with E-state index < -0.39 is 40.5 Å². The van der Waals surface area contributed by atoms with Gasteiger partial charge >= 0.3 is 17.9 Å². The molecule has 0 aliphatic rings. The highest BCUT2D eigenvalue weighted by Crippen LogP contribution is 2.32. The van der Waals surface area contributed by atoms with Crippen molar-refractivity contribution in [2.45, 2.75) is 193 Å². The second kappa shape index (κ2) is 24.9.